The Morgan fingerprint density at radius 3 is 2.45 bits per heavy atom. The van der Waals surface area contributed by atoms with Crippen LogP contribution in [0.5, 0.6) is 17.5 Å². The van der Waals surface area contributed by atoms with Gasteiger partial charge in [0.05, 0.1) is 37.4 Å². The predicted octanol–water partition coefficient (Wildman–Crippen LogP) is 3.19. The zero-order chi connectivity index (χ0) is 36.7. The quantitative estimate of drug-likeness (QED) is 0.220. The third kappa shape index (κ3) is 7.35. The summed E-state index contributed by atoms with van der Waals surface area (Å²) >= 11 is 0. The molecule has 3 heterocycles. The number of ether oxygens (including phenoxy) is 3. The number of nitrogens with zero attached hydrogens (tertiary/aromatic N) is 3. The normalized spacial score (nSPS) is 23.9. The van der Waals surface area contributed by atoms with Gasteiger partial charge in [0.15, 0.2) is 0 Å². The molecular formula is C36H44N6O8S. The molecule has 14 nitrogen and oxygen atoms in total. The Bertz CT molecular complexity index is 1940. The average Bonchev–Trinajstić information content (AvgIpc) is 4.03. The number of rotatable bonds is 13. The molecule has 3 aromatic rings. The molecule has 1 aromatic carbocycles. The fourth-order valence-electron chi connectivity index (χ4n) is 6.74. The van der Waals surface area contributed by atoms with E-state index in [0.717, 1.165) is 10.8 Å². The molecule has 0 spiro atoms. The molecule has 3 N–H and O–H groups in total. The molecule has 3 aliphatic rings. The van der Waals surface area contributed by atoms with Crippen LogP contribution in [0.1, 0.15) is 46.5 Å². The topological polar surface area (TPSA) is 178 Å². The van der Waals surface area contributed by atoms with Crippen LogP contribution in [-0.4, -0.2) is 90.7 Å². The van der Waals surface area contributed by atoms with Crippen molar-refractivity contribution in [2.75, 3.05) is 26.1 Å². The molecule has 0 radical (unpaired) electrons. The van der Waals surface area contributed by atoms with Crippen molar-refractivity contribution < 1.29 is 37.0 Å². The monoisotopic (exact) mass is 720 g/mol. The molecule has 3 amide bonds. The van der Waals surface area contributed by atoms with E-state index in [1.807, 2.05) is 39.0 Å². The molecule has 3 fully saturated rings. The number of methoxy groups -OCH3 is 2. The van der Waals surface area contributed by atoms with Crippen LogP contribution < -0.4 is 29.6 Å². The van der Waals surface area contributed by atoms with E-state index >= 15 is 0 Å². The number of likely N-dealkylation sites (tertiary alicyclic amines) is 1. The van der Waals surface area contributed by atoms with Gasteiger partial charge in [0.2, 0.25) is 33.6 Å². The van der Waals surface area contributed by atoms with E-state index in [2.05, 4.69) is 31.9 Å². The number of benzene rings is 1. The SMILES string of the molecule is C=C[C@@H]1C[C@@]1(C(=O)NS(=O)(=O)C1CC1)N1C[C@H](Oc2nccc3cc(OC)ccc23)C[C@H]1C(=O)NC(=O)[C@@H](Nc1ccc(OC)nc1)C(C)(C)C. The van der Waals surface area contributed by atoms with Gasteiger partial charge >= 0.3 is 0 Å². The highest BCUT2D eigenvalue weighted by atomic mass is 32.2. The highest BCUT2D eigenvalue weighted by Gasteiger charge is 2.67. The molecule has 0 unspecified atom stereocenters. The van der Waals surface area contributed by atoms with Crippen molar-refractivity contribution >= 4 is 44.2 Å². The predicted molar refractivity (Wildman–Crippen MR) is 190 cm³/mol. The lowest BCUT2D eigenvalue weighted by Crippen LogP contribution is -2.59. The molecule has 0 bridgehead atoms. The summed E-state index contributed by atoms with van der Waals surface area (Å²) in [6.07, 6.45) is 5.39. The van der Waals surface area contributed by atoms with Crippen LogP contribution in [0.4, 0.5) is 5.69 Å². The van der Waals surface area contributed by atoms with Crippen molar-refractivity contribution in [2.45, 2.75) is 75.4 Å². The lowest BCUT2D eigenvalue weighted by molar-refractivity contribution is -0.136. The van der Waals surface area contributed by atoms with Gasteiger partial charge < -0.3 is 19.5 Å². The van der Waals surface area contributed by atoms with Crippen molar-refractivity contribution in [3.05, 3.63) is 61.4 Å². The molecule has 1 saturated heterocycles. The van der Waals surface area contributed by atoms with E-state index in [4.69, 9.17) is 14.2 Å². The van der Waals surface area contributed by atoms with Crippen molar-refractivity contribution in [1.29, 1.82) is 0 Å². The molecular weight excluding hydrogens is 676 g/mol. The minimum absolute atomic E-state index is 0.0835. The maximum Gasteiger partial charge on any atom is 0.254 e. The highest BCUT2D eigenvalue weighted by molar-refractivity contribution is 7.91. The van der Waals surface area contributed by atoms with Crippen LogP contribution in [0.2, 0.25) is 0 Å². The van der Waals surface area contributed by atoms with Gasteiger partial charge in [0.25, 0.3) is 5.91 Å². The van der Waals surface area contributed by atoms with Gasteiger partial charge in [-0.05, 0) is 60.4 Å². The first-order valence-corrected chi connectivity index (χ1v) is 18.4. The lowest BCUT2D eigenvalue weighted by atomic mass is 9.86. The van der Waals surface area contributed by atoms with E-state index < -0.39 is 68.1 Å². The largest absolute Gasteiger partial charge is 0.497 e. The molecule has 2 aromatic heterocycles. The summed E-state index contributed by atoms with van der Waals surface area (Å²) in [6.45, 7) is 9.56. The number of anilines is 1. The number of pyridine rings is 2. The van der Waals surface area contributed by atoms with Crippen molar-refractivity contribution in [2.24, 2.45) is 11.3 Å². The van der Waals surface area contributed by atoms with Gasteiger partial charge in [0, 0.05) is 36.5 Å². The van der Waals surface area contributed by atoms with Crippen LogP contribution >= 0.6 is 0 Å². The van der Waals surface area contributed by atoms with Crippen LogP contribution in [-0.2, 0) is 24.4 Å². The fraction of sp³-hybridized carbons (Fsp3) is 0.472. The Kier molecular flexibility index (Phi) is 9.72. The van der Waals surface area contributed by atoms with Crippen molar-refractivity contribution in [1.82, 2.24) is 24.9 Å². The van der Waals surface area contributed by atoms with E-state index in [-0.39, 0.29) is 19.4 Å². The second kappa shape index (κ2) is 13.8. The first-order chi connectivity index (χ1) is 24.2. The second-order valence-corrected chi connectivity index (χ2v) is 16.3. The summed E-state index contributed by atoms with van der Waals surface area (Å²) in [4.78, 5) is 52.4. The number of aromatic nitrogens is 2. The van der Waals surface area contributed by atoms with Crippen LogP contribution in [0.15, 0.2) is 61.4 Å². The minimum atomic E-state index is -3.89. The Balaban J connectivity index is 1.29. The summed E-state index contributed by atoms with van der Waals surface area (Å²) < 4.78 is 45.1. The van der Waals surface area contributed by atoms with Gasteiger partial charge in [-0.15, -0.1) is 6.58 Å². The molecule has 5 atom stereocenters. The Hall–Kier alpha value is -4.76. The van der Waals surface area contributed by atoms with E-state index in [1.54, 1.807) is 42.5 Å². The minimum Gasteiger partial charge on any atom is -0.497 e. The van der Waals surface area contributed by atoms with Gasteiger partial charge in [-0.2, -0.15) is 0 Å². The second-order valence-electron chi connectivity index (χ2n) is 14.4. The van der Waals surface area contributed by atoms with E-state index in [9.17, 15) is 22.8 Å². The number of fused-ring (bicyclic) bond motifs is 1. The number of imide groups is 1. The Labute approximate surface area is 297 Å². The number of carbonyl (C=O) groups excluding carboxylic acids is 3. The summed E-state index contributed by atoms with van der Waals surface area (Å²) in [5, 5.41) is 6.70. The Morgan fingerprint density at radius 1 is 1.08 bits per heavy atom. The maximum absolute atomic E-state index is 14.2. The van der Waals surface area contributed by atoms with Crippen LogP contribution in [0, 0.1) is 11.3 Å². The first-order valence-electron chi connectivity index (χ1n) is 16.9. The van der Waals surface area contributed by atoms with Crippen molar-refractivity contribution in [3.63, 3.8) is 0 Å². The smallest absolute Gasteiger partial charge is 0.254 e. The summed E-state index contributed by atoms with van der Waals surface area (Å²) in [6, 6.07) is 8.78. The summed E-state index contributed by atoms with van der Waals surface area (Å²) in [7, 11) is -0.808. The zero-order valence-corrected chi connectivity index (χ0v) is 30.2. The van der Waals surface area contributed by atoms with E-state index in [1.165, 1.54) is 13.3 Å². The molecule has 15 heteroatoms. The van der Waals surface area contributed by atoms with Crippen molar-refractivity contribution in [3.8, 4) is 17.5 Å². The number of amides is 3. The molecule has 6 rings (SSSR count). The third-order valence-corrected chi connectivity index (χ3v) is 11.6. The molecule has 272 valence electrons. The number of sulfonamides is 1. The van der Waals surface area contributed by atoms with Gasteiger partial charge in [-0.25, -0.2) is 18.4 Å². The molecule has 2 aliphatic carbocycles. The van der Waals surface area contributed by atoms with E-state index in [0.29, 0.717) is 36.0 Å². The number of nitrogens with one attached hydrogen (secondary N) is 3. The maximum atomic E-state index is 14.2. The summed E-state index contributed by atoms with van der Waals surface area (Å²) in [5.74, 6) is -0.983. The molecule has 2 saturated carbocycles. The summed E-state index contributed by atoms with van der Waals surface area (Å²) in [5.41, 5.74) is -1.48. The number of hydrogen-bond acceptors (Lipinski definition) is 12. The fourth-order valence-corrected chi connectivity index (χ4v) is 8.10. The third-order valence-electron chi connectivity index (χ3n) is 9.78. The zero-order valence-electron chi connectivity index (χ0n) is 29.3. The van der Waals surface area contributed by atoms with Crippen LogP contribution in [0.3, 0.4) is 0 Å². The van der Waals surface area contributed by atoms with Gasteiger partial charge in [-0.1, -0.05) is 26.8 Å². The average molecular weight is 721 g/mol. The Morgan fingerprint density at radius 2 is 1.84 bits per heavy atom. The highest BCUT2D eigenvalue weighted by Crippen LogP contribution is 2.53. The van der Waals surface area contributed by atoms with Gasteiger partial charge in [-0.3, -0.25) is 29.3 Å². The number of hydrogen-bond donors (Lipinski definition) is 3. The first kappa shape index (κ1) is 36.0. The van der Waals surface area contributed by atoms with Crippen LogP contribution in [0.25, 0.3) is 10.8 Å². The standard InChI is InChI=1S/C36H44N6O8S/c1-7-22-18-36(22,34(45)41-51(46,47)26-10-11-26)42-20-25(50-33-27-12-9-24(48-5)16-21(27)14-15-37-33)17-28(42)31(43)40-32(44)30(35(2,3)4)39-23-8-13-29(49-6)38-19-23/h7-9,12-16,19,22,25-26,28,30,39H,1,10-11,17-18,20H2,2-6H3,(H,41,45)(H,40,43,44)/t22-,25-,28+,30-,36-/m1/s1. The molecule has 1 aliphatic heterocycles. The lowest BCUT2D eigenvalue weighted by Gasteiger charge is -2.34. The van der Waals surface area contributed by atoms with Gasteiger partial charge in [0.1, 0.15) is 23.4 Å². The number of carbonyl (C=O) groups is 3. The molecule has 51 heavy (non-hydrogen) atoms.